The zero-order valence-corrected chi connectivity index (χ0v) is 31.9. The molecule has 0 saturated carbocycles. The van der Waals surface area contributed by atoms with E-state index >= 15 is 0 Å². The van der Waals surface area contributed by atoms with Gasteiger partial charge in [0.05, 0.1) is 0 Å². The second-order valence-corrected chi connectivity index (χ2v) is 14.4. The predicted octanol–water partition coefficient (Wildman–Crippen LogP) is 6.28. The molecule has 0 aliphatic rings. The number of hydrogen-bond acceptors (Lipinski definition) is 5. The third kappa shape index (κ3) is 10.8. The zero-order chi connectivity index (χ0) is 39.3. The van der Waals surface area contributed by atoms with Crippen LogP contribution in [0.1, 0.15) is 49.3 Å². The third-order valence-corrected chi connectivity index (χ3v) is 10.1. The number of carbonyl (C=O) groups excluding carboxylic acids is 4. The molecule has 3 unspecified atom stereocenters. The number of nitrogens with one attached hydrogen (secondary N) is 4. The van der Waals surface area contributed by atoms with E-state index in [0.717, 1.165) is 61.8 Å². The molecule has 56 heavy (non-hydrogen) atoms. The van der Waals surface area contributed by atoms with Crippen LogP contribution in [-0.2, 0) is 38.4 Å². The molecule has 6 aromatic rings. The van der Waals surface area contributed by atoms with Gasteiger partial charge in [-0.05, 0) is 68.4 Å². The van der Waals surface area contributed by atoms with Gasteiger partial charge >= 0.3 is 0 Å². The normalized spacial score (nSPS) is 12.8. The molecule has 288 valence electrons. The van der Waals surface area contributed by atoms with Gasteiger partial charge in [-0.15, -0.1) is 0 Å². The number of unbranched alkanes of at least 4 members (excludes halogenated alkanes) is 1. The van der Waals surface area contributed by atoms with Gasteiger partial charge in [0.2, 0.25) is 23.6 Å². The fourth-order valence-corrected chi connectivity index (χ4v) is 7.02. The summed E-state index contributed by atoms with van der Waals surface area (Å²) in [6.07, 6.45) is 2.98. The lowest BCUT2D eigenvalue weighted by Gasteiger charge is -2.26. The standard InChI is InChI=1S/C47H51N5O4/c1-2-3-25-49-45(54)41(29-32-18-21-35-11-4-7-14-38(35)26-32)51-47(56)43(31-34-20-23-37-13-6-9-16-40(37)28-34)52-46(55)42(50-44(53)17-10-24-48)30-33-19-22-36-12-5-8-15-39(36)27-33/h4-9,11-16,18-23,26-28,41-43H,2-3,10,17,24-25,29-31,48H2,1H3,(H,49,54)(H,50,53)(H,51,56)(H,52,55). The van der Waals surface area contributed by atoms with Crippen LogP contribution in [0.3, 0.4) is 0 Å². The highest BCUT2D eigenvalue weighted by Gasteiger charge is 2.30. The van der Waals surface area contributed by atoms with Crippen molar-refractivity contribution in [3.05, 3.63) is 144 Å². The van der Waals surface area contributed by atoms with Crippen molar-refractivity contribution in [2.75, 3.05) is 13.1 Å². The lowest BCUT2D eigenvalue weighted by molar-refractivity contribution is -0.133. The van der Waals surface area contributed by atoms with Crippen LogP contribution < -0.4 is 27.0 Å². The Balaban J connectivity index is 1.29. The van der Waals surface area contributed by atoms with Crippen molar-refractivity contribution in [2.45, 2.75) is 70.0 Å². The molecule has 0 bridgehead atoms. The molecule has 0 aliphatic carbocycles. The second-order valence-electron chi connectivity index (χ2n) is 14.4. The minimum Gasteiger partial charge on any atom is -0.354 e. The summed E-state index contributed by atoms with van der Waals surface area (Å²) in [5.41, 5.74) is 8.27. The van der Waals surface area contributed by atoms with Crippen molar-refractivity contribution < 1.29 is 19.2 Å². The molecule has 0 heterocycles. The number of rotatable bonds is 18. The molecule has 4 amide bonds. The van der Waals surface area contributed by atoms with E-state index in [1.54, 1.807) is 0 Å². The summed E-state index contributed by atoms with van der Waals surface area (Å²) in [6.45, 7) is 2.88. The highest BCUT2D eigenvalue weighted by Crippen LogP contribution is 2.20. The number of hydrogen-bond donors (Lipinski definition) is 5. The maximum Gasteiger partial charge on any atom is 0.243 e. The SMILES string of the molecule is CCCCNC(=O)C(Cc1ccc2ccccc2c1)NC(=O)C(Cc1ccc2ccccc2c1)NC(=O)C(Cc1ccc2ccccc2c1)NC(=O)CCCN. The number of benzene rings is 6. The third-order valence-electron chi connectivity index (χ3n) is 10.1. The van der Waals surface area contributed by atoms with E-state index < -0.39 is 29.9 Å². The molecule has 9 heteroatoms. The van der Waals surface area contributed by atoms with Gasteiger partial charge < -0.3 is 27.0 Å². The fourth-order valence-electron chi connectivity index (χ4n) is 7.02. The second kappa shape index (κ2) is 19.5. The molecule has 0 aliphatic heterocycles. The number of carbonyl (C=O) groups is 4. The van der Waals surface area contributed by atoms with Gasteiger partial charge in [0.25, 0.3) is 0 Å². The van der Waals surface area contributed by atoms with E-state index in [1.807, 2.05) is 127 Å². The first-order valence-corrected chi connectivity index (χ1v) is 19.6. The molecule has 6 aromatic carbocycles. The average Bonchev–Trinajstić information content (AvgIpc) is 3.22. The highest BCUT2D eigenvalue weighted by atomic mass is 16.2. The van der Waals surface area contributed by atoms with Crippen LogP contribution >= 0.6 is 0 Å². The Morgan fingerprint density at radius 1 is 0.500 bits per heavy atom. The molecule has 0 fully saturated rings. The topological polar surface area (TPSA) is 142 Å². The molecule has 6 N–H and O–H groups in total. The minimum atomic E-state index is -1.06. The van der Waals surface area contributed by atoms with Gasteiger partial charge in [-0.1, -0.05) is 141 Å². The van der Waals surface area contributed by atoms with E-state index in [4.69, 9.17) is 5.73 Å². The molecule has 3 atom stereocenters. The summed E-state index contributed by atoms with van der Waals surface area (Å²) in [6, 6.07) is 38.9. The van der Waals surface area contributed by atoms with E-state index in [-0.39, 0.29) is 37.5 Å². The van der Waals surface area contributed by atoms with Crippen LogP contribution in [0.2, 0.25) is 0 Å². The molecule has 6 rings (SSSR count). The van der Waals surface area contributed by atoms with Crippen molar-refractivity contribution in [3.8, 4) is 0 Å². The fraction of sp³-hybridized carbons (Fsp3) is 0.277. The summed E-state index contributed by atoms with van der Waals surface area (Å²) in [7, 11) is 0. The Hall–Kier alpha value is -6.06. The van der Waals surface area contributed by atoms with Crippen LogP contribution in [0.25, 0.3) is 32.3 Å². The van der Waals surface area contributed by atoms with E-state index in [0.29, 0.717) is 19.5 Å². The number of amides is 4. The van der Waals surface area contributed by atoms with Crippen LogP contribution in [-0.4, -0.2) is 54.8 Å². The van der Waals surface area contributed by atoms with Crippen molar-refractivity contribution in [1.29, 1.82) is 0 Å². The minimum absolute atomic E-state index is 0.159. The molecular weight excluding hydrogens is 699 g/mol. The van der Waals surface area contributed by atoms with Crippen molar-refractivity contribution in [3.63, 3.8) is 0 Å². The first-order valence-electron chi connectivity index (χ1n) is 19.6. The van der Waals surface area contributed by atoms with Gasteiger partial charge in [0.15, 0.2) is 0 Å². The molecular formula is C47H51N5O4. The Morgan fingerprint density at radius 2 is 0.893 bits per heavy atom. The largest absolute Gasteiger partial charge is 0.354 e. The van der Waals surface area contributed by atoms with Crippen LogP contribution in [0, 0.1) is 0 Å². The first kappa shape index (κ1) is 39.6. The van der Waals surface area contributed by atoms with Crippen molar-refractivity contribution >= 4 is 55.9 Å². The van der Waals surface area contributed by atoms with Gasteiger partial charge in [0.1, 0.15) is 18.1 Å². The Bertz CT molecular complexity index is 2310. The maximum atomic E-state index is 14.5. The van der Waals surface area contributed by atoms with Crippen LogP contribution in [0.5, 0.6) is 0 Å². The lowest BCUT2D eigenvalue weighted by Crippen LogP contribution is -2.58. The van der Waals surface area contributed by atoms with Crippen LogP contribution in [0.15, 0.2) is 127 Å². The quantitative estimate of drug-likeness (QED) is 0.0658. The molecule has 0 spiro atoms. The summed E-state index contributed by atoms with van der Waals surface area (Å²) in [4.78, 5) is 55.6. The van der Waals surface area contributed by atoms with Crippen molar-refractivity contribution in [1.82, 2.24) is 21.3 Å². The van der Waals surface area contributed by atoms with Gasteiger partial charge in [-0.2, -0.15) is 0 Å². The zero-order valence-electron chi connectivity index (χ0n) is 31.9. The Morgan fingerprint density at radius 3 is 1.30 bits per heavy atom. The van der Waals surface area contributed by atoms with Crippen LogP contribution in [0.4, 0.5) is 0 Å². The van der Waals surface area contributed by atoms with E-state index in [2.05, 4.69) is 28.2 Å². The predicted molar refractivity (Wildman–Crippen MR) is 225 cm³/mol. The smallest absolute Gasteiger partial charge is 0.243 e. The highest BCUT2D eigenvalue weighted by molar-refractivity contribution is 5.95. The monoisotopic (exact) mass is 749 g/mol. The molecule has 0 aromatic heterocycles. The Kier molecular flexibility index (Phi) is 13.8. The summed E-state index contributed by atoms with van der Waals surface area (Å²) >= 11 is 0. The van der Waals surface area contributed by atoms with Gasteiger partial charge in [-0.25, -0.2) is 0 Å². The average molecular weight is 750 g/mol. The van der Waals surface area contributed by atoms with E-state index in [1.165, 1.54) is 0 Å². The number of fused-ring (bicyclic) bond motifs is 3. The lowest BCUT2D eigenvalue weighted by atomic mass is 9.98. The summed E-state index contributed by atoms with van der Waals surface area (Å²) < 4.78 is 0. The van der Waals surface area contributed by atoms with E-state index in [9.17, 15) is 19.2 Å². The first-order chi connectivity index (χ1) is 27.3. The van der Waals surface area contributed by atoms with Crippen molar-refractivity contribution in [2.24, 2.45) is 5.73 Å². The van der Waals surface area contributed by atoms with Gasteiger partial charge in [-0.3, -0.25) is 19.2 Å². The molecule has 0 radical (unpaired) electrons. The maximum absolute atomic E-state index is 14.5. The number of nitrogens with two attached hydrogens (primary N) is 1. The summed E-state index contributed by atoms with van der Waals surface area (Å²) in [5.74, 6) is -1.59. The summed E-state index contributed by atoms with van der Waals surface area (Å²) in [5, 5.41) is 18.2. The molecule has 9 nitrogen and oxygen atoms in total. The molecule has 0 saturated heterocycles. The van der Waals surface area contributed by atoms with Gasteiger partial charge in [0, 0.05) is 32.2 Å². The Labute approximate surface area is 328 Å².